The van der Waals surface area contributed by atoms with Gasteiger partial charge in [-0.3, -0.25) is 9.59 Å². The summed E-state index contributed by atoms with van der Waals surface area (Å²) in [7, 11) is 0. The van der Waals surface area contributed by atoms with Crippen molar-refractivity contribution in [2.24, 2.45) is 11.7 Å². The van der Waals surface area contributed by atoms with Crippen LogP contribution >= 0.6 is 11.8 Å². The van der Waals surface area contributed by atoms with Crippen molar-refractivity contribution in [2.75, 3.05) is 28.8 Å². The lowest BCUT2D eigenvalue weighted by Crippen LogP contribution is -2.36. The molecule has 1 aliphatic carbocycles. The predicted octanol–water partition coefficient (Wildman–Crippen LogP) is 2.00. The summed E-state index contributed by atoms with van der Waals surface area (Å²) in [5.41, 5.74) is 8.76. The molecule has 3 N–H and O–H groups in total. The number of thioether (sulfide) groups is 1. The summed E-state index contributed by atoms with van der Waals surface area (Å²) >= 11 is 1.68. The molecule has 0 saturated heterocycles. The van der Waals surface area contributed by atoms with E-state index in [0.29, 0.717) is 6.42 Å². The van der Waals surface area contributed by atoms with Crippen LogP contribution in [0.2, 0.25) is 0 Å². The number of anilines is 2. The zero-order chi connectivity index (χ0) is 16.4. The highest BCUT2D eigenvalue weighted by Gasteiger charge is 2.36. The van der Waals surface area contributed by atoms with Gasteiger partial charge < -0.3 is 16.0 Å². The normalized spacial score (nSPS) is 17.7. The van der Waals surface area contributed by atoms with Crippen LogP contribution in [0.15, 0.2) is 18.2 Å². The number of hydrogen-bond donors (Lipinski definition) is 2. The third-order valence-corrected chi connectivity index (χ3v) is 5.05. The van der Waals surface area contributed by atoms with Crippen molar-refractivity contribution < 1.29 is 9.59 Å². The maximum atomic E-state index is 12.3. The molecule has 1 heterocycles. The summed E-state index contributed by atoms with van der Waals surface area (Å²) in [5, 5.41) is 2.88. The molecule has 5 nitrogen and oxygen atoms in total. The summed E-state index contributed by atoms with van der Waals surface area (Å²) in [6.07, 6.45) is 5.55. The van der Waals surface area contributed by atoms with Gasteiger partial charge in [-0.15, -0.1) is 0 Å². The van der Waals surface area contributed by atoms with Gasteiger partial charge >= 0.3 is 0 Å². The van der Waals surface area contributed by atoms with Crippen molar-refractivity contribution in [3.05, 3.63) is 23.8 Å². The second-order valence-corrected chi connectivity index (χ2v) is 7.22. The third kappa shape index (κ3) is 3.70. The molecule has 2 amide bonds. The Morgan fingerprint density at radius 1 is 1.43 bits per heavy atom. The van der Waals surface area contributed by atoms with Crippen molar-refractivity contribution in [3.63, 3.8) is 0 Å². The molecule has 1 saturated carbocycles. The van der Waals surface area contributed by atoms with Crippen molar-refractivity contribution in [1.82, 2.24) is 0 Å². The van der Waals surface area contributed by atoms with Gasteiger partial charge in [0, 0.05) is 23.8 Å². The number of nitrogens with one attached hydrogen (secondary N) is 1. The first-order valence-electron chi connectivity index (χ1n) is 8.10. The van der Waals surface area contributed by atoms with Crippen LogP contribution in [-0.4, -0.2) is 36.4 Å². The number of benzene rings is 1. The van der Waals surface area contributed by atoms with E-state index in [0.717, 1.165) is 48.5 Å². The van der Waals surface area contributed by atoms with Gasteiger partial charge in [0.25, 0.3) is 0 Å². The second-order valence-electron chi connectivity index (χ2n) is 6.23. The molecular formula is C17H23N3O2S. The average molecular weight is 333 g/mol. The molecule has 0 aromatic heterocycles. The molecule has 1 fully saturated rings. The number of nitrogens with zero attached hydrogens (tertiary/aromatic N) is 1. The average Bonchev–Trinajstić information content (AvgIpc) is 3.31. The van der Waals surface area contributed by atoms with E-state index in [4.69, 9.17) is 5.73 Å². The van der Waals surface area contributed by atoms with E-state index in [1.807, 2.05) is 29.4 Å². The molecule has 0 radical (unpaired) electrons. The van der Waals surface area contributed by atoms with Crippen LogP contribution in [-0.2, 0) is 16.0 Å². The Morgan fingerprint density at radius 3 is 2.91 bits per heavy atom. The lowest BCUT2D eigenvalue weighted by Gasteiger charge is -2.17. The number of carbonyl (C=O) groups is 2. The summed E-state index contributed by atoms with van der Waals surface area (Å²) < 4.78 is 0. The number of amides is 2. The van der Waals surface area contributed by atoms with Crippen LogP contribution in [0.5, 0.6) is 0 Å². The molecule has 1 aromatic rings. The first kappa shape index (κ1) is 16.3. The van der Waals surface area contributed by atoms with E-state index >= 15 is 0 Å². The molecular weight excluding hydrogens is 310 g/mol. The fourth-order valence-electron chi connectivity index (χ4n) is 2.87. The van der Waals surface area contributed by atoms with Crippen LogP contribution in [0.3, 0.4) is 0 Å². The van der Waals surface area contributed by atoms with Crippen molar-refractivity contribution in [2.45, 2.75) is 31.7 Å². The van der Waals surface area contributed by atoms with Crippen molar-refractivity contribution in [3.8, 4) is 0 Å². The van der Waals surface area contributed by atoms with Gasteiger partial charge in [0.2, 0.25) is 11.8 Å². The largest absolute Gasteiger partial charge is 0.325 e. The Morgan fingerprint density at radius 2 is 2.22 bits per heavy atom. The maximum absolute atomic E-state index is 12.3. The Bertz CT molecular complexity index is 616. The minimum Gasteiger partial charge on any atom is -0.325 e. The zero-order valence-electron chi connectivity index (χ0n) is 13.4. The summed E-state index contributed by atoms with van der Waals surface area (Å²) in [4.78, 5) is 26.2. The van der Waals surface area contributed by atoms with E-state index in [2.05, 4.69) is 5.32 Å². The molecule has 124 valence electrons. The van der Waals surface area contributed by atoms with Crippen molar-refractivity contribution in [1.29, 1.82) is 0 Å². The second kappa shape index (κ2) is 6.93. The highest BCUT2D eigenvalue weighted by Crippen LogP contribution is 2.37. The smallest absolute Gasteiger partial charge is 0.241 e. The number of nitrogens with two attached hydrogens (primary N) is 1. The van der Waals surface area contributed by atoms with Gasteiger partial charge in [-0.05, 0) is 61.5 Å². The van der Waals surface area contributed by atoms with Crippen LogP contribution in [0.1, 0.15) is 24.8 Å². The lowest BCUT2D eigenvalue weighted by molar-refractivity contribution is -0.119. The highest BCUT2D eigenvalue weighted by atomic mass is 32.2. The minimum absolute atomic E-state index is 0.150. The molecule has 2 aliphatic rings. The Hall–Kier alpha value is -1.53. The highest BCUT2D eigenvalue weighted by molar-refractivity contribution is 7.98. The quantitative estimate of drug-likeness (QED) is 0.835. The maximum Gasteiger partial charge on any atom is 0.241 e. The summed E-state index contributed by atoms with van der Waals surface area (Å²) in [6, 6.07) is 5.28. The third-order valence-electron chi connectivity index (χ3n) is 4.40. The predicted molar refractivity (Wildman–Crippen MR) is 94.8 cm³/mol. The van der Waals surface area contributed by atoms with E-state index in [9.17, 15) is 9.59 Å². The number of hydrogen-bond acceptors (Lipinski definition) is 4. The topological polar surface area (TPSA) is 75.4 Å². The Labute approximate surface area is 141 Å². The van der Waals surface area contributed by atoms with Gasteiger partial charge in [0.1, 0.15) is 0 Å². The lowest BCUT2D eigenvalue weighted by atomic mass is 10.1. The van der Waals surface area contributed by atoms with Crippen LogP contribution < -0.4 is 16.0 Å². The van der Waals surface area contributed by atoms with Gasteiger partial charge in [0.05, 0.1) is 6.04 Å². The molecule has 1 aliphatic heterocycles. The van der Waals surface area contributed by atoms with E-state index < -0.39 is 6.04 Å². The molecule has 23 heavy (non-hydrogen) atoms. The molecule has 6 heteroatoms. The first-order valence-corrected chi connectivity index (χ1v) is 9.49. The Balaban J connectivity index is 1.65. The van der Waals surface area contributed by atoms with Crippen molar-refractivity contribution >= 4 is 35.0 Å². The fourth-order valence-corrected chi connectivity index (χ4v) is 3.36. The van der Waals surface area contributed by atoms with E-state index in [-0.39, 0.29) is 17.7 Å². The Kier molecular flexibility index (Phi) is 4.92. The molecule has 0 bridgehead atoms. The zero-order valence-corrected chi connectivity index (χ0v) is 14.2. The van der Waals surface area contributed by atoms with Crippen LogP contribution in [0.4, 0.5) is 11.4 Å². The molecule has 1 atom stereocenters. The van der Waals surface area contributed by atoms with Gasteiger partial charge in [0.15, 0.2) is 0 Å². The molecule has 0 spiro atoms. The minimum atomic E-state index is -0.483. The first-order chi connectivity index (χ1) is 11.1. The number of carbonyl (C=O) groups excluding carboxylic acids is 2. The summed E-state index contributed by atoms with van der Waals surface area (Å²) in [5.74, 6) is 1.20. The number of fused-ring (bicyclic) bond motifs is 1. The van der Waals surface area contributed by atoms with Gasteiger partial charge in [-0.25, -0.2) is 0 Å². The van der Waals surface area contributed by atoms with E-state index in [1.54, 1.807) is 11.8 Å². The van der Waals surface area contributed by atoms with Gasteiger partial charge in [-0.2, -0.15) is 11.8 Å². The monoisotopic (exact) mass is 333 g/mol. The molecule has 0 unspecified atom stereocenters. The standard InChI is InChI=1S/C17H23N3O2S/c1-23-9-7-14(18)16(21)19-13-4-5-15-12(10-13)6-8-20(15)17(22)11-2-3-11/h4-5,10-11,14H,2-3,6-9,18H2,1H3,(H,19,21)/t14-/m0/s1. The molecule has 3 rings (SSSR count). The van der Waals surface area contributed by atoms with E-state index in [1.165, 1.54) is 0 Å². The summed E-state index contributed by atoms with van der Waals surface area (Å²) in [6.45, 7) is 0.745. The fraction of sp³-hybridized carbons (Fsp3) is 0.529. The van der Waals surface area contributed by atoms with Crippen LogP contribution in [0.25, 0.3) is 0 Å². The number of rotatable bonds is 6. The SMILES string of the molecule is CSCC[C@H](N)C(=O)Nc1ccc2c(c1)CCN2C(=O)C1CC1. The van der Waals surface area contributed by atoms with Crippen LogP contribution in [0, 0.1) is 5.92 Å². The van der Waals surface area contributed by atoms with Gasteiger partial charge in [-0.1, -0.05) is 0 Å². The molecule has 1 aromatic carbocycles.